The van der Waals surface area contributed by atoms with Crippen molar-refractivity contribution in [1.29, 1.82) is 0 Å². The van der Waals surface area contributed by atoms with Gasteiger partial charge < -0.3 is 14.5 Å². The van der Waals surface area contributed by atoms with Gasteiger partial charge in [-0.15, -0.1) is 0 Å². The first-order valence-corrected chi connectivity index (χ1v) is 10.0. The molecule has 1 saturated heterocycles. The normalized spacial score (nSPS) is 15.0. The third-order valence-electron chi connectivity index (χ3n) is 5.22. The Kier molecular flexibility index (Phi) is 5.79. The predicted octanol–water partition coefficient (Wildman–Crippen LogP) is 2.77. The molecule has 4 rings (SSSR count). The molecule has 1 amide bonds. The van der Waals surface area contributed by atoms with E-state index in [2.05, 4.69) is 22.1 Å². The van der Waals surface area contributed by atoms with E-state index in [-0.39, 0.29) is 5.91 Å². The van der Waals surface area contributed by atoms with Crippen molar-refractivity contribution < 1.29 is 14.3 Å². The van der Waals surface area contributed by atoms with E-state index in [0.29, 0.717) is 18.7 Å². The third-order valence-corrected chi connectivity index (χ3v) is 5.22. The summed E-state index contributed by atoms with van der Waals surface area (Å²) < 4.78 is 7.13. The van der Waals surface area contributed by atoms with E-state index in [9.17, 15) is 9.59 Å². The van der Waals surface area contributed by atoms with Crippen LogP contribution in [-0.2, 0) is 9.53 Å². The van der Waals surface area contributed by atoms with Crippen molar-refractivity contribution >= 4 is 17.6 Å². The monoisotopic (exact) mass is 404 g/mol. The van der Waals surface area contributed by atoms with Gasteiger partial charge in [-0.05, 0) is 49.4 Å². The van der Waals surface area contributed by atoms with E-state index in [1.54, 1.807) is 47.0 Å². The minimum Gasteiger partial charge on any atom is -0.449 e. The van der Waals surface area contributed by atoms with Gasteiger partial charge in [-0.3, -0.25) is 4.79 Å². The van der Waals surface area contributed by atoms with Crippen molar-refractivity contribution in [3.05, 3.63) is 78.6 Å². The van der Waals surface area contributed by atoms with Gasteiger partial charge in [0, 0.05) is 44.3 Å². The highest BCUT2D eigenvalue weighted by atomic mass is 16.5. The summed E-state index contributed by atoms with van der Waals surface area (Å²) in [6.07, 6.45) is 2.69. The van der Waals surface area contributed by atoms with Crippen LogP contribution in [0.1, 0.15) is 17.3 Å². The maximum Gasteiger partial charge on any atom is 0.338 e. The first-order valence-electron chi connectivity index (χ1n) is 10.0. The summed E-state index contributed by atoms with van der Waals surface area (Å²) in [6.45, 7) is 4.35. The fourth-order valence-corrected chi connectivity index (χ4v) is 3.53. The minimum atomic E-state index is -0.827. The summed E-state index contributed by atoms with van der Waals surface area (Å²) in [6, 6.07) is 18.9. The van der Waals surface area contributed by atoms with Crippen LogP contribution in [0.15, 0.2) is 73.1 Å². The number of piperazine rings is 1. The number of carbonyl (C=O) groups is 2. The smallest absolute Gasteiger partial charge is 0.338 e. The number of para-hydroxylation sites is 1. The first kappa shape index (κ1) is 19.7. The quantitative estimate of drug-likeness (QED) is 0.612. The van der Waals surface area contributed by atoms with Gasteiger partial charge in [-0.2, -0.15) is 5.10 Å². The minimum absolute atomic E-state index is 0.163. The number of aromatic nitrogens is 2. The van der Waals surface area contributed by atoms with Crippen LogP contribution in [0.25, 0.3) is 5.69 Å². The number of hydrogen-bond acceptors (Lipinski definition) is 5. The highest BCUT2D eigenvalue weighted by molar-refractivity contribution is 5.92. The molecule has 0 bridgehead atoms. The second kappa shape index (κ2) is 8.82. The lowest BCUT2D eigenvalue weighted by Gasteiger charge is -2.37. The molecule has 0 aliphatic carbocycles. The summed E-state index contributed by atoms with van der Waals surface area (Å²) >= 11 is 0. The number of hydrogen-bond donors (Lipinski definition) is 0. The Labute approximate surface area is 175 Å². The molecule has 1 atom stereocenters. The van der Waals surface area contributed by atoms with Crippen molar-refractivity contribution in [2.24, 2.45) is 0 Å². The zero-order valence-electron chi connectivity index (χ0n) is 16.8. The van der Waals surface area contributed by atoms with E-state index < -0.39 is 12.1 Å². The molecule has 1 aliphatic heterocycles. The average molecular weight is 404 g/mol. The lowest BCUT2D eigenvalue weighted by molar-refractivity contribution is -0.140. The van der Waals surface area contributed by atoms with Gasteiger partial charge in [0.25, 0.3) is 5.91 Å². The Hall–Kier alpha value is -3.61. The van der Waals surface area contributed by atoms with Gasteiger partial charge in [0.2, 0.25) is 0 Å². The molecule has 1 aromatic heterocycles. The Bertz CT molecular complexity index is 979. The van der Waals surface area contributed by atoms with E-state index in [1.807, 2.05) is 30.5 Å². The van der Waals surface area contributed by atoms with Gasteiger partial charge in [0.1, 0.15) is 0 Å². The topological polar surface area (TPSA) is 67.7 Å². The van der Waals surface area contributed by atoms with Crippen molar-refractivity contribution in [3.8, 4) is 5.69 Å². The number of nitrogens with zero attached hydrogens (tertiary/aromatic N) is 4. The van der Waals surface area contributed by atoms with E-state index >= 15 is 0 Å². The summed E-state index contributed by atoms with van der Waals surface area (Å²) in [5.74, 6) is -0.671. The van der Waals surface area contributed by atoms with Gasteiger partial charge in [-0.1, -0.05) is 18.2 Å². The molecule has 1 unspecified atom stereocenters. The molecule has 30 heavy (non-hydrogen) atoms. The van der Waals surface area contributed by atoms with Gasteiger partial charge in [0.05, 0.1) is 11.3 Å². The van der Waals surface area contributed by atoms with Crippen molar-refractivity contribution in [1.82, 2.24) is 14.7 Å². The molecule has 0 N–H and O–H groups in total. The lowest BCUT2D eigenvalue weighted by Crippen LogP contribution is -2.51. The molecule has 0 spiro atoms. The largest absolute Gasteiger partial charge is 0.449 e. The second-order valence-corrected chi connectivity index (χ2v) is 7.19. The maximum absolute atomic E-state index is 12.7. The Morgan fingerprint density at radius 2 is 1.60 bits per heavy atom. The highest BCUT2D eigenvalue weighted by Gasteiger charge is 2.27. The van der Waals surface area contributed by atoms with Crippen LogP contribution in [0.5, 0.6) is 0 Å². The van der Waals surface area contributed by atoms with Crippen LogP contribution >= 0.6 is 0 Å². The summed E-state index contributed by atoms with van der Waals surface area (Å²) in [5, 5.41) is 4.16. The number of carbonyl (C=O) groups excluding carboxylic acids is 2. The van der Waals surface area contributed by atoms with Crippen LogP contribution < -0.4 is 4.90 Å². The number of ether oxygens (including phenoxy) is 1. The van der Waals surface area contributed by atoms with Gasteiger partial charge in [0.15, 0.2) is 6.10 Å². The zero-order valence-corrected chi connectivity index (χ0v) is 16.8. The van der Waals surface area contributed by atoms with Crippen LogP contribution in [0, 0.1) is 0 Å². The highest BCUT2D eigenvalue weighted by Crippen LogP contribution is 2.17. The fraction of sp³-hybridized carbons (Fsp3) is 0.261. The summed E-state index contributed by atoms with van der Waals surface area (Å²) in [5.41, 5.74) is 2.40. The van der Waals surface area contributed by atoms with E-state index in [1.165, 1.54) is 0 Å². The van der Waals surface area contributed by atoms with Crippen molar-refractivity contribution in [3.63, 3.8) is 0 Å². The standard InChI is InChI=1S/C23H24N4O3/c1-18(22(28)26-16-14-25(15-17-26)20-6-3-2-4-7-20)30-23(29)19-8-10-21(11-9-19)27-13-5-12-24-27/h2-13,18H,14-17H2,1H3. The van der Waals surface area contributed by atoms with E-state index in [4.69, 9.17) is 4.74 Å². The molecule has 1 aliphatic rings. The van der Waals surface area contributed by atoms with Crippen LogP contribution in [0.3, 0.4) is 0 Å². The third kappa shape index (κ3) is 4.35. The first-order chi connectivity index (χ1) is 14.6. The SMILES string of the molecule is CC(OC(=O)c1ccc(-n2cccn2)cc1)C(=O)N1CCN(c2ccccc2)CC1. The summed E-state index contributed by atoms with van der Waals surface area (Å²) in [4.78, 5) is 29.2. The van der Waals surface area contributed by atoms with Crippen LogP contribution in [0.4, 0.5) is 5.69 Å². The maximum atomic E-state index is 12.7. The molecular weight excluding hydrogens is 380 g/mol. The molecule has 0 saturated carbocycles. The Morgan fingerprint density at radius 1 is 0.900 bits per heavy atom. The molecule has 3 aromatic rings. The number of benzene rings is 2. The van der Waals surface area contributed by atoms with Gasteiger partial charge in [-0.25, -0.2) is 9.48 Å². The fourth-order valence-electron chi connectivity index (χ4n) is 3.53. The molecular formula is C23H24N4O3. The number of anilines is 1. The Morgan fingerprint density at radius 3 is 2.23 bits per heavy atom. The van der Waals surface area contributed by atoms with Crippen LogP contribution in [0.2, 0.25) is 0 Å². The number of amides is 1. The lowest BCUT2D eigenvalue weighted by atomic mass is 10.2. The molecule has 2 heterocycles. The molecule has 7 heteroatoms. The average Bonchev–Trinajstić information content (AvgIpc) is 3.34. The summed E-state index contributed by atoms with van der Waals surface area (Å²) in [7, 11) is 0. The molecule has 154 valence electrons. The molecule has 0 radical (unpaired) electrons. The Balaban J connectivity index is 1.30. The molecule has 7 nitrogen and oxygen atoms in total. The van der Waals surface area contributed by atoms with Gasteiger partial charge >= 0.3 is 5.97 Å². The predicted molar refractivity (Wildman–Crippen MR) is 114 cm³/mol. The number of esters is 1. The van der Waals surface area contributed by atoms with Crippen molar-refractivity contribution in [2.75, 3.05) is 31.1 Å². The molecule has 2 aromatic carbocycles. The second-order valence-electron chi connectivity index (χ2n) is 7.19. The van der Waals surface area contributed by atoms with Crippen LogP contribution in [-0.4, -0.2) is 58.8 Å². The van der Waals surface area contributed by atoms with E-state index in [0.717, 1.165) is 24.5 Å². The number of rotatable bonds is 5. The molecule has 1 fully saturated rings. The zero-order chi connectivity index (χ0) is 20.9. The van der Waals surface area contributed by atoms with Crippen molar-refractivity contribution in [2.45, 2.75) is 13.0 Å².